The number of hydrogen-bond donors (Lipinski definition) is 1. The summed E-state index contributed by atoms with van der Waals surface area (Å²) in [5.74, 6) is 0. The largest absolute Gasteiger partial charge is 0.391 e. The van der Waals surface area contributed by atoms with Crippen molar-refractivity contribution in [3.63, 3.8) is 0 Å². The second kappa shape index (κ2) is 3.38. The summed E-state index contributed by atoms with van der Waals surface area (Å²) in [6, 6.07) is 0. The molecule has 0 saturated carbocycles. The Bertz CT molecular complexity index is 343. The molecule has 1 N–H and O–H groups in total. The number of aliphatic hydroxyl groups excluding tert-OH is 1. The Morgan fingerprint density at radius 2 is 2.29 bits per heavy atom. The van der Waals surface area contributed by atoms with Gasteiger partial charge in [0.15, 0.2) is 0 Å². The minimum atomic E-state index is -0.645. The molecule has 1 atom stereocenters. The van der Waals surface area contributed by atoms with Gasteiger partial charge in [-0.25, -0.2) is 0 Å². The molecule has 0 unspecified atom stereocenters. The molecule has 0 saturated heterocycles. The molecule has 1 aromatic rings. The quantitative estimate of drug-likeness (QED) is 0.579. The van der Waals surface area contributed by atoms with Gasteiger partial charge in [0.25, 0.3) is 0 Å². The fourth-order valence-electron chi connectivity index (χ4n) is 0.914. The highest BCUT2D eigenvalue weighted by molar-refractivity contribution is 5.21. The van der Waals surface area contributed by atoms with Crippen LogP contribution in [0, 0.1) is 10.1 Å². The maximum atomic E-state index is 10.4. The summed E-state index contributed by atoms with van der Waals surface area (Å²) in [5.41, 5.74) is -0.715. The van der Waals surface area contributed by atoms with Crippen LogP contribution < -0.4 is 0 Å². The average molecular weight is 199 g/mol. The molecule has 6 nitrogen and oxygen atoms in total. The maximum absolute atomic E-state index is 10.4. The predicted octanol–water partition coefficient (Wildman–Crippen LogP) is 0.907. The van der Waals surface area contributed by atoms with Crippen LogP contribution in [0.3, 0.4) is 0 Å². The van der Waals surface area contributed by atoms with Gasteiger partial charge in [0.1, 0.15) is 12.4 Å². The third kappa shape index (κ3) is 1.74. The van der Waals surface area contributed by atoms with Crippen LogP contribution in [0.25, 0.3) is 0 Å². The normalized spacial score (nSPS) is 14.0. The van der Waals surface area contributed by atoms with Gasteiger partial charge in [-0.3, -0.25) is 14.8 Å². The summed E-state index contributed by atoms with van der Waals surface area (Å²) in [6.07, 6.45) is 1.85. The molecule has 0 amide bonds. The molecule has 0 aliphatic heterocycles. The molecule has 1 heterocycles. The van der Waals surface area contributed by atoms with Crippen LogP contribution in [0.1, 0.15) is 20.8 Å². The van der Waals surface area contributed by atoms with Gasteiger partial charge in [0.2, 0.25) is 0 Å². The summed E-state index contributed by atoms with van der Waals surface area (Å²) in [6.45, 7) is 5.14. The lowest BCUT2D eigenvalue weighted by Crippen LogP contribution is -2.37. The summed E-state index contributed by atoms with van der Waals surface area (Å²) < 4.78 is 1.40. The van der Waals surface area contributed by atoms with Crippen LogP contribution in [-0.4, -0.2) is 25.9 Å². The fraction of sp³-hybridized carbons (Fsp3) is 0.625. The van der Waals surface area contributed by atoms with Crippen LogP contribution in [0.15, 0.2) is 12.4 Å². The van der Waals surface area contributed by atoms with Crippen molar-refractivity contribution in [2.45, 2.75) is 32.4 Å². The molecule has 0 fully saturated rings. The molecular weight excluding hydrogens is 186 g/mol. The third-order valence-corrected chi connectivity index (χ3v) is 2.39. The maximum Gasteiger partial charge on any atom is 0.307 e. The Balaban J connectivity index is 3.02. The van der Waals surface area contributed by atoms with E-state index in [4.69, 9.17) is 0 Å². The smallest absolute Gasteiger partial charge is 0.307 e. The summed E-state index contributed by atoms with van der Waals surface area (Å²) in [4.78, 5) is 9.89. The molecule has 14 heavy (non-hydrogen) atoms. The van der Waals surface area contributed by atoms with E-state index >= 15 is 0 Å². The van der Waals surface area contributed by atoms with Crippen molar-refractivity contribution in [2.75, 3.05) is 0 Å². The molecule has 0 radical (unpaired) electrons. The zero-order valence-corrected chi connectivity index (χ0v) is 8.34. The van der Waals surface area contributed by atoms with Crippen molar-refractivity contribution in [3.05, 3.63) is 22.5 Å². The van der Waals surface area contributed by atoms with E-state index in [1.807, 2.05) is 0 Å². The van der Waals surface area contributed by atoms with Gasteiger partial charge in [-0.15, -0.1) is 0 Å². The Hall–Kier alpha value is -1.43. The highest BCUT2D eigenvalue weighted by Gasteiger charge is 2.28. The number of rotatable bonds is 3. The molecular formula is C8H13N3O3. The van der Waals surface area contributed by atoms with E-state index in [0.717, 1.165) is 0 Å². The monoisotopic (exact) mass is 199 g/mol. The molecule has 0 aliphatic rings. The number of hydrogen-bond acceptors (Lipinski definition) is 4. The van der Waals surface area contributed by atoms with Crippen LogP contribution in [0.2, 0.25) is 0 Å². The van der Waals surface area contributed by atoms with E-state index in [-0.39, 0.29) is 5.69 Å². The average Bonchev–Trinajstić information content (AvgIpc) is 2.51. The lowest BCUT2D eigenvalue weighted by atomic mass is 9.99. The van der Waals surface area contributed by atoms with Gasteiger partial charge in [-0.1, -0.05) is 0 Å². The summed E-state index contributed by atoms with van der Waals surface area (Å²) >= 11 is 0. The minimum absolute atomic E-state index is 0.0706. The van der Waals surface area contributed by atoms with Crippen molar-refractivity contribution in [2.24, 2.45) is 0 Å². The number of aliphatic hydroxyl groups is 1. The minimum Gasteiger partial charge on any atom is -0.391 e. The second-order valence-electron chi connectivity index (χ2n) is 3.73. The lowest BCUT2D eigenvalue weighted by molar-refractivity contribution is -0.385. The van der Waals surface area contributed by atoms with Crippen molar-refractivity contribution < 1.29 is 10.0 Å². The van der Waals surface area contributed by atoms with Crippen molar-refractivity contribution >= 4 is 5.69 Å². The molecule has 0 aliphatic carbocycles. The van der Waals surface area contributed by atoms with E-state index in [2.05, 4.69) is 5.10 Å². The Kier molecular flexibility index (Phi) is 2.57. The summed E-state index contributed by atoms with van der Waals surface area (Å²) in [5, 5.41) is 23.7. The van der Waals surface area contributed by atoms with Crippen LogP contribution in [0.4, 0.5) is 5.69 Å². The van der Waals surface area contributed by atoms with Gasteiger partial charge in [-0.2, -0.15) is 5.10 Å². The molecule has 78 valence electrons. The Labute approximate surface area is 81.3 Å². The van der Waals surface area contributed by atoms with E-state index in [1.54, 1.807) is 20.8 Å². The third-order valence-electron chi connectivity index (χ3n) is 2.39. The molecule has 0 bridgehead atoms. The fourth-order valence-corrected chi connectivity index (χ4v) is 0.914. The zero-order valence-electron chi connectivity index (χ0n) is 8.34. The van der Waals surface area contributed by atoms with E-state index < -0.39 is 16.6 Å². The SMILES string of the molecule is C[C@@H](O)C(C)(C)n1cc([N+](=O)[O-])cn1. The zero-order chi connectivity index (χ0) is 10.9. The first-order valence-corrected chi connectivity index (χ1v) is 4.23. The van der Waals surface area contributed by atoms with E-state index in [0.29, 0.717) is 0 Å². The van der Waals surface area contributed by atoms with Crippen LogP contribution in [-0.2, 0) is 5.54 Å². The van der Waals surface area contributed by atoms with E-state index in [1.165, 1.54) is 17.1 Å². The Morgan fingerprint density at radius 3 is 2.64 bits per heavy atom. The van der Waals surface area contributed by atoms with Crippen molar-refractivity contribution in [1.82, 2.24) is 9.78 Å². The standard InChI is InChI=1S/C8H13N3O3/c1-6(12)8(2,3)10-5-7(4-9-10)11(13)14/h4-6,12H,1-3H3/t6-/m1/s1. The van der Waals surface area contributed by atoms with Gasteiger partial charge in [-0.05, 0) is 20.8 Å². The first-order valence-electron chi connectivity index (χ1n) is 4.23. The number of nitrogens with zero attached hydrogens (tertiary/aromatic N) is 3. The molecule has 0 spiro atoms. The number of nitro groups is 1. The van der Waals surface area contributed by atoms with Crippen LogP contribution in [0.5, 0.6) is 0 Å². The Morgan fingerprint density at radius 1 is 1.71 bits per heavy atom. The predicted molar refractivity (Wildman–Crippen MR) is 49.9 cm³/mol. The second-order valence-corrected chi connectivity index (χ2v) is 3.73. The van der Waals surface area contributed by atoms with Crippen molar-refractivity contribution in [1.29, 1.82) is 0 Å². The van der Waals surface area contributed by atoms with Crippen LogP contribution >= 0.6 is 0 Å². The van der Waals surface area contributed by atoms with Crippen molar-refractivity contribution in [3.8, 4) is 0 Å². The highest BCUT2D eigenvalue weighted by atomic mass is 16.6. The highest BCUT2D eigenvalue weighted by Crippen LogP contribution is 2.21. The molecule has 1 rings (SSSR count). The lowest BCUT2D eigenvalue weighted by Gasteiger charge is -2.27. The molecule has 6 heteroatoms. The summed E-state index contributed by atoms with van der Waals surface area (Å²) in [7, 11) is 0. The first-order chi connectivity index (χ1) is 6.35. The van der Waals surface area contributed by atoms with Gasteiger partial charge >= 0.3 is 5.69 Å². The topological polar surface area (TPSA) is 81.2 Å². The molecule has 1 aromatic heterocycles. The number of aromatic nitrogens is 2. The van der Waals surface area contributed by atoms with E-state index in [9.17, 15) is 15.2 Å². The van der Waals surface area contributed by atoms with Gasteiger partial charge < -0.3 is 5.11 Å². The first kappa shape index (κ1) is 10.6. The van der Waals surface area contributed by atoms with Gasteiger partial charge in [0, 0.05) is 0 Å². The molecule has 0 aromatic carbocycles. The van der Waals surface area contributed by atoms with Gasteiger partial charge in [0.05, 0.1) is 16.6 Å².